The van der Waals surface area contributed by atoms with Gasteiger partial charge in [-0.25, -0.2) is 8.78 Å². The summed E-state index contributed by atoms with van der Waals surface area (Å²) in [7, 11) is 3.31. The number of rotatable bonds is 5. The first-order valence-electron chi connectivity index (χ1n) is 6.57. The lowest BCUT2D eigenvalue weighted by Crippen LogP contribution is -2.19. The molecule has 0 heterocycles. The average Bonchev–Trinajstić information content (AvgIpc) is 2.50. The van der Waals surface area contributed by atoms with E-state index in [0.717, 1.165) is 11.3 Å². The molecule has 5 heteroatoms. The maximum Gasteiger partial charge on any atom is 0.182 e. The van der Waals surface area contributed by atoms with Crippen LogP contribution in [0.3, 0.4) is 0 Å². The van der Waals surface area contributed by atoms with Crippen LogP contribution < -0.4 is 15.4 Å². The van der Waals surface area contributed by atoms with Gasteiger partial charge in [0.25, 0.3) is 0 Å². The number of ether oxygens (including phenoxy) is 1. The third-order valence-corrected chi connectivity index (χ3v) is 3.35. The summed E-state index contributed by atoms with van der Waals surface area (Å²) in [6.45, 7) is 0.438. The van der Waals surface area contributed by atoms with Crippen molar-refractivity contribution in [2.24, 2.45) is 5.73 Å². The number of methoxy groups -OCH3 is 1. The van der Waals surface area contributed by atoms with Crippen LogP contribution in [0.1, 0.15) is 11.1 Å². The van der Waals surface area contributed by atoms with Crippen LogP contribution in [0, 0.1) is 11.6 Å². The summed E-state index contributed by atoms with van der Waals surface area (Å²) in [5.74, 6) is -0.989. The normalized spacial score (nSPS) is 10.5. The van der Waals surface area contributed by atoms with Crippen molar-refractivity contribution in [3.63, 3.8) is 0 Å². The highest BCUT2D eigenvalue weighted by Gasteiger charge is 2.15. The molecule has 21 heavy (non-hydrogen) atoms. The van der Waals surface area contributed by atoms with Crippen molar-refractivity contribution >= 4 is 5.69 Å². The second-order valence-electron chi connectivity index (χ2n) is 4.78. The van der Waals surface area contributed by atoms with Gasteiger partial charge in [-0.05, 0) is 23.8 Å². The maximum absolute atomic E-state index is 14.0. The molecule has 0 aliphatic carbocycles. The zero-order valence-electron chi connectivity index (χ0n) is 12.1. The van der Waals surface area contributed by atoms with Crippen LogP contribution in [0.5, 0.6) is 5.75 Å². The molecule has 0 aromatic heterocycles. The fourth-order valence-electron chi connectivity index (χ4n) is 2.12. The van der Waals surface area contributed by atoms with Crippen LogP contribution in [0.4, 0.5) is 14.5 Å². The molecule has 0 radical (unpaired) electrons. The van der Waals surface area contributed by atoms with Gasteiger partial charge in [0, 0.05) is 25.7 Å². The summed E-state index contributed by atoms with van der Waals surface area (Å²) in [4.78, 5) is 1.65. The molecule has 0 saturated heterocycles. The topological polar surface area (TPSA) is 38.5 Å². The molecular formula is C16H18F2N2O. The zero-order chi connectivity index (χ0) is 15.4. The highest BCUT2D eigenvalue weighted by Crippen LogP contribution is 2.25. The molecule has 2 rings (SSSR count). The summed E-state index contributed by atoms with van der Waals surface area (Å²) < 4.78 is 32.9. The molecular weight excluding hydrogens is 274 g/mol. The number of nitrogens with two attached hydrogens (primary N) is 1. The summed E-state index contributed by atoms with van der Waals surface area (Å²) in [6, 6.07) is 10.5. The van der Waals surface area contributed by atoms with Crippen molar-refractivity contribution in [3.8, 4) is 5.75 Å². The standard InChI is InChI=1S/C16H18F2N2O/c1-20(10-11-3-6-13(21-2)7-4-11)14-8-5-12(9-19)15(17)16(14)18/h3-8H,9-10,19H2,1-2H3. The van der Waals surface area contributed by atoms with Gasteiger partial charge in [0.2, 0.25) is 0 Å². The number of nitrogens with zero attached hydrogens (tertiary/aromatic N) is 1. The molecule has 112 valence electrons. The van der Waals surface area contributed by atoms with Crippen LogP contribution in [-0.2, 0) is 13.1 Å². The molecule has 0 unspecified atom stereocenters. The van der Waals surface area contributed by atoms with E-state index in [1.165, 1.54) is 6.07 Å². The quantitative estimate of drug-likeness (QED) is 0.920. The lowest BCUT2D eigenvalue weighted by molar-refractivity contribution is 0.414. The lowest BCUT2D eigenvalue weighted by atomic mass is 10.1. The Morgan fingerprint density at radius 2 is 1.71 bits per heavy atom. The highest BCUT2D eigenvalue weighted by molar-refractivity contribution is 5.50. The second kappa shape index (κ2) is 6.54. The second-order valence-corrected chi connectivity index (χ2v) is 4.78. The fourth-order valence-corrected chi connectivity index (χ4v) is 2.12. The number of halogens is 2. The van der Waals surface area contributed by atoms with Crippen molar-refractivity contribution in [2.45, 2.75) is 13.1 Å². The van der Waals surface area contributed by atoms with Crippen LogP contribution >= 0.6 is 0 Å². The largest absolute Gasteiger partial charge is 0.497 e. The molecule has 2 aromatic rings. The van der Waals surface area contributed by atoms with E-state index in [9.17, 15) is 8.78 Å². The van der Waals surface area contributed by atoms with Gasteiger partial charge < -0.3 is 15.4 Å². The molecule has 0 saturated carbocycles. The highest BCUT2D eigenvalue weighted by atomic mass is 19.2. The van der Waals surface area contributed by atoms with Crippen molar-refractivity contribution in [1.29, 1.82) is 0 Å². The minimum atomic E-state index is -0.878. The van der Waals surface area contributed by atoms with Gasteiger partial charge in [-0.15, -0.1) is 0 Å². The Kier molecular flexibility index (Phi) is 4.75. The van der Waals surface area contributed by atoms with E-state index in [-0.39, 0.29) is 17.8 Å². The first-order chi connectivity index (χ1) is 10.1. The zero-order valence-corrected chi connectivity index (χ0v) is 12.1. The molecule has 0 bridgehead atoms. The maximum atomic E-state index is 14.0. The number of hydrogen-bond acceptors (Lipinski definition) is 3. The Balaban J connectivity index is 2.19. The molecule has 0 amide bonds. The van der Waals surface area contributed by atoms with E-state index in [0.29, 0.717) is 6.54 Å². The Bertz CT molecular complexity index is 614. The Morgan fingerprint density at radius 3 is 2.29 bits per heavy atom. The average molecular weight is 292 g/mol. The molecule has 0 aliphatic heterocycles. The van der Waals surface area contributed by atoms with Gasteiger partial charge in [-0.3, -0.25) is 0 Å². The van der Waals surface area contributed by atoms with Crippen molar-refractivity contribution in [3.05, 3.63) is 59.2 Å². The van der Waals surface area contributed by atoms with Crippen molar-refractivity contribution in [1.82, 2.24) is 0 Å². The van der Waals surface area contributed by atoms with Crippen LogP contribution in [0.2, 0.25) is 0 Å². The first-order valence-corrected chi connectivity index (χ1v) is 6.57. The molecule has 2 aromatic carbocycles. The number of benzene rings is 2. The first kappa shape index (κ1) is 15.3. The predicted molar refractivity (Wildman–Crippen MR) is 79.4 cm³/mol. The van der Waals surface area contributed by atoms with Gasteiger partial charge in [0.1, 0.15) is 5.75 Å². The van der Waals surface area contributed by atoms with Gasteiger partial charge in [-0.1, -0.05) is 18.2 Å². The van der Waals surface area contributed by atoms with Crippen LogP contribution in [-0.4, -0.2) is 14.2 Å². The Morgan fingerprint density at radius 1 is 1.05 bits per heavy atom. The molecule has 0 spiro atoms. The summed E-state index contributed by atoms with van der Waals surface area (Å²) in [6.07, 6.45) is 0. The molecule has 0 atom stereocenters. The van der Waals surface area contributed by atoms with E-state index in [2.05, 4.69) is 0 Å². The third-order valence-electron chi connectivity index (χ3n) is 3.35. The van der Waals surface area contributed by atoms with E-state index in [1.807, 2.05) is 24.3 Å². The number of anilines is 1. The van der Waals surface area contributed by atoms with Crippen molar-refractivity contribution in [2.75, 3.05) is 19.1 Å². The molecule has 0 fully saturated rings. The van der Waals surface area contributed by atoms with Gasteiger partial charge in [0.05, 0.1) is 12.8 Å². The molecule has 3 nitrogen and oxygen atoms in total. The predicted octanol–water partition coefficient (Wildman–Crippen LogP) is 3.07. The van der Waals surface area contributed by atoms with E-state index in [4.69, 9.17) is 10.5 Å². The monoisotopic (exact) mass is 292 g/mol. The van der Waals surface area contributed by atoms with E-state index in [1.54, 1.807) is 25.1 Å². The van der Waals surface area contributed by atoms with Crippen molar-refractivity contribution < 1.29 is 13.5 Å². The summed E-state index contributed by atoms with van der Waals surface area (Å²) in [5, 5.41) is 0. The summed E-state index contributed by atoms with van der Waals surface area (Å²) >= 11 is 0. The lowest BCUT2D eigenvalue weighted by Gasteiger charge is -2.21. The number of hydrogen-bond donors (Lipinski definition) is 1. The van der Waals surface area contributed by atoms with Gasteiger partial charge in [-0.2, -0.15) is 0 Å². The Hall–Kier alpha value is -2.14. The summed E-state index contributed by atoms with van der Waals surface area (Å²) in [5.41, 5.74) is 6.72. The fraction of sp³-hybridized carbons (Fsp3) is 0.250. The SMILES string of the molecule is COc1ccc(CN(C)c2ccc(CN)c(F)c2F)cc1. The molecule has 0 aliphatic rings. The third kappa shape index (κ3) is 3.31. The van der Waals surface area contributed by atoms with E-state index >= 15 is 0 Å². The van der Waals surface area contributed by atoms with Crippen LogP contribution in [0.15, 0.2) is 36.4 Å². The Labute approximate surface area is 122 Å². The smallest absolute Gasteiger partial charge is 0.182 e. The van der Waals surface area contributed by atoms with Gasteiger partial charge >= 0.3 is 0 Å². The van der Waals surface area contributed by atoms with Gasteiger partial charge in [0.15, 0.2) is 11.6 Å². The van der Waals surface area contributed by atoms with E-state index < -0.39 is 11.6 Å². The molecule has 2 N–H and O–H groups in total. The minimum Gasteiger partial charge on any atom is -0.497 e. The van der Waals surface area contributed by atoms with Crippen LogP contribution in [0.25, 0.3) is 0 Å². The minimum absolute atomic E-state index is 0.0226.